The van der Waals surface area contributed by atoms with E-state index < -0.39 is 0 Å². The Balaban J connectivity index is 1.27. The Labute approximate surface area is 180 Å². The molecule has 1 aliphatic carbocycles. The molecule has 2 heterocycles. The number of hydrogen-bond donors (Lipinski definition) is 2. The van der Waals surface area contributed by atoms with Crippen molar-refractivity contribution in [2.24, 2.45) is 17.8 Å². The van der Waals surface area contributed by atoms with Gasteiger partial charge in [-0.3, -0.25) is 4.79 Å². The van der Waals surface area contributed by atoms with Gasteiger partial charge in [-0.25, -0.2) is 0 Å². The lowest BCUT2D eigenvalue weighted by Crippen LogP contribution is -2.40. The molecule has 2 N–H and O–H groups in total. The van der Waals surface area contributed by atoms with Gasteiger partial charge in [-0.15, -0.1) is 0 Å². The van der Waals surface area contributed by atoms with Crippen molar-refractivity contribution >= 4 is 5.91 Å². The summed E-state index contributed by atoms with van der Waals surface area (Å²) in [5, 5.41) is 10.9. The molecule has 162 valence electrons. The molecule has 2 aromatic rings. The molecule has 1 aliphatic heterocycles. The largest absolute Gasteiger partial charge is 0.361 e. The Morgan fingerprint density at radius 2 is 1.90 bits per heavy atom. The summed E-state index contributed by atoms with van der Waals surface area (Å²) in [4.78, 5) is 12.5. The fourth-order valence-electron chi connectivity index (χ4n) is 5.08. The first-order valence-corrected chi connectivity index (χ1v) is 11.7. The van der Waals surface area contributed by atoms with E-state index in [0.29, 0.717) is 24.8 Å². The minimum atomic E-state index is 0.147. The molecule has 1 amide bonds. The number of nitrogens with zero attached hydrogens (tertiary/aromatic N) is 1. The fraction of sp³-hybridized carbons (Fsp3) is 0.600. The molecule has 5 heteroatoms. The number of carbonyl (C=O) groups is 1. The molecule has 0 unspecified atom stereocenters. The molecule has 0 radical (unpaired) electrons. The monoisotopic (exact) mass is 409 g/mol. The highest BCUT2D eigenvalue weighted by Crippen LogP contribution is 2.29. The molecule has 2 aliphatic rings. The van der Waals surface area contributed by atoms with Gasteiger partial charge in [0.15, 0.2) is 0 Å². The number of aromatic nitrogens is 1. The molecule has 1 aromatic carbocycles. The van der Waals surface area contributed by atoms with E-state index in [9.17, 15) is 4.79 Å². The van der Waals surface area contributed by atoms with E-state index in [1.807, 2.05) is 30.3 Å². The Kier molecular flexibility index (Phi) is 7.57. The van der Waals surface area contributed by atoms with Crippen molar-refractivity contribution in [2.45, 2.75) is 64.3 Å². The maximum absolute atomic E-state index is 12.5. The number of piperidine rings is 1. The summed E-state index contributed by atoms with van der Waals surface area (Å²) in [5.74, 6) is 2.76. The molecule has 1 aromatic heterocycles. The van der Waals surface area contributed by atoms with Gasteiger partial charge in [0.25, 0.3) is 0 Å². The van der Waals surface area contributed by atoms with Crippen molar-refractivity contribution in [1.82, 2.24) is 15.8 Å². The number of hydrogen-bond acceptors (Lipinski definition) is 4. The van der Waals surface area contributed by atoms with Crippen molar-refractivity contribution in [1.29, 1.82) is 0 Å². The zero-order valence-corrected chi connectivity index (χ0v) is 17.9. The van der Waals surface area contributed by atoms with Crippen LogP contribution < -0.4 is 10.6 Å². The van der Waals surface area contributed by atoms with Crippen molar-refractivity contribution in [3.63, 3.8) is 0 Å². The van der Waals surface area contributed by atoms with E-state index in [1.54, 1.807) is 0 Å². The summed E-state index contributed by atoms with van der Waals surface area (Å²) in [6, 6.07) is 12.3. The summed E-state index contributed by atoms with van der Waals surface area (Å²) in [6.07, 6.45) is 10.3. The van der Waals surface area contributed by atoms with Gasteiger partial charge in [0.05, 0.1) is 5.69 Å². The maximum atomic E-state index is 12.5. The van der Waals surface area contributed by atoms with Crippen LogP contribution in [0, 0.1) is 17.8 Å². The summed E-state index contributed by atoms with van der Waals surface area (Å²) in [6.45, 7) is 2.53. The van der Waals surface area contributed by atoms with Crippen LogP contribution >= 0.6 is 0 Å². The molecule has 1 saturated carbocycles. The lowest BCUT2D eigenvalue weighted by Gasteiger charge is -2.31. The van der Waals surface area contributed by atoms with E-state index in [4.69, 9.17) is 4.52 Å². The maximum Gasteiger partial charge on any atom is 0.220 e. The summed E-state index contributed by atoms with van der Waals surface area (Å²) < 4.78 is 5.66. The van der Waals surface area contributed by atoms with Crippen LogP contribution in [0.5, 0.6) is 0 Å². The van der Waals surface area contributed by atoms with Gasteiger partial charge in [-0.05, 0) is 49.2 Å². The summed E-state index contributed by atoms with van der Waals surface area (Å²) >= 11 is 0. The normalized spacial score (nSPS) is 22.7. The number of amides is 1. The van der Waals surface area contributed by atoms with Crippen LogP contribution in [0.2, 0.25) is 0 Å². The lowest BCUT2D eigenvalue weighted by atomic mass is 9.81. The van der Waals surface area contributed by atoms with Crippen LogP contribution in [0.4, 0.5) is 0 Å². The standard InChI is InChI=1S/C25H35N3O2/c29-25(27-17-20-9-5-2-6-10-20)15-21-11-12-26-18-22(21)14-23-16-24(30-28-23)13-19-7-3-1-4-8-19/h2,5-6,9-10,16,19,21-22,26H,1,3-4,7-8,11-15,17-18H2,(H,27,29)/t21-,22+/m1/s1. The molecular formula is C25H35N3O2. The Morgan fingerprint density at radius 3 is 2.73 bits per heavy atom. The zero-order valence-electron chi connectivity index (χ0n) is 17.9. The van der Waals surface area contributed by atoms with Crippen molar-refractivity contribution < 1.29 is 9.32 Å². The number of carbonyl (C=O) groups excluding carboxylic acids is 1. The highest BCUT2D eigenvalue weighted by molar-refractivity contribution is 5.76. The zero-order chi connectivity index (χ0) is 20.6. The highest BCUT2D eigenvalue weighted by Gasteiger charge is 2.28. The molecule has 5 nitrogen and oxygen atoms in total. The van der Waals surface area contributed by atoms with E-state index >= 15 is 0 Å². The molecule has 2 fully saturated rings. The van der Waals surface area contributed by atoms with E-state index in [-0.39, 0.29) is 5.91 Å². The van der Waals surface area contributed by atoms with Gasteiger partial charge in [-0.2, -0.15) is 0 Å². The van der Waals surface area contributed by atoms with Crippen LogP contribution in [-0.4, -0.2) is 24.2 Å². The second-order valence-electron chi connectivity index (χ2n) is 9.18. The Bertz CT molecular complexity index is 783. The smallest absolute Gasteiger partial charge is 0.220 e. The summed E-state index contributed by atoms with van der Waals surface area (Å²) in [7, 11) is 0. The molecule has 30 heavy (non-hydrogen) atoms. The van der Waals surface area contributed by atoms with Crippen LogP contribution in [0.3, 0.4) is 0 Å². The SMILES string of the molecule is O=C(C[C@H]1CCNC[C@@H]1Cc1cc(CC2CCCCC2)on1)NCc1ccccc1. The molecule has 4 rings (SSSR count). The highest BCUT2D eigenvalue weighted by atomic mass is 16.5. The average molecular weight is 410 g/mol. The third-order valence-electron chi connectivity index (χ3n) is 6.84. The van der Waals surface area contributed by atoms with E-state index in [1.165, 1.54) is 32.1 Å². The summed E-state index contributed by atoms with van der Waals surface area (Å²) in [5.41, 5.74) is 2.19. The third-order valence-corrected chi connectivity index (χ3v) is 6.84. The van der Waals surface area contributed by atoms with Gasteiger partial charge >= 0.3 is 0 Å². The molecule has 0 bridgehead atoms. The van der Waals surface area contributed by atoms with Crippen LogP contribution in [-0.2, 0) is 24.2 Å². The van der Waals surface area contributed by atoms with Crippen LogP contribution in [0.15, 0.2) is 40.9 Å². The number of rotatable bonds is 8. The van der Waals surface area contributed by atoms with Crippen LogP contribution in [0.25, 0.3) is 0 Å². The third kappa shape index (κ3) is 6.18. The quantitative estimate of drug-likeness (QED) is 0.683. The van der Waals surface area contributed by atoms with E-state index in [2.05, 4.69) is 21.9 Å². The van der Waals surface area contributed by atoms with E-state index in [0.717, 1.165) is 55.3 Å². The number of nitrogens with one attached hydrogen (secondary N) is 2. The first-order valence-electron chi connectivity index (χ1n) is 11.7. The first-order chi connectivity index (χ1) is 14.8. The van der Waals surface area contributed by atoms with Crippen LogP contribution in [0.1, 0.15) is 62.0 Å². The molecule has 2 atom stereocenters. The van der Waals surface area contributed by atoms with Gasteiger partial charge in [0.1, 0.15) is 5.76 Å². The molecule has 1 saturated heterocycles. The van der Waals surface area contributed by atoms with Crippen molar-refractivity contribution in [2.75, 3.05) is 13.1 Å². The predicted molar refractivity (Wildman–Crippen MR) is 118 cm³/mol. The lowest BCUT2D eigenvalue weighted by molar-refractivity contribution is -0.122. The van der Waals surface area contributed by atoms with Gasteiger partial charge in [-0.1, -0.05) is 67.6 Å². The minimum absolute atomic E-state index is 0.147. The van der Waals surface area contributed by atoms with Crippen molar-refractivity contribution in [3.05, 3.63) is 53.4 Å². The topological polar surface area (TPSA) is 67.2 Å². The van der Waals surface area contributed by atoms with Gasteiger partial charge in [0, 0.05) is 25.5 Å². The minimum Gasteiger partial charge on any atom is -0.361 e. The second kappa shape index (κ2) is 10.8. The fourth-order valence-corrected chi connectivity index (χ4v) is 5.08. The Hall–Kier alpha value is -2.14. The molecule has 0 spiro atoms. The Morgan fingerprint density at radius 1 is 1.07 bits per heavy atom. The number of benzene rings is 1. The predicted octanol–water partition coefficient (Wildman–Crippen LogP) is 4.27. The van der Waals surface area contributed by atoms with Gasteiger partial charge < -0.3 is 15.2 Å². The first kappa shape index (κ1) is 21.1. The second-order valence-corrected chi connectivity index (χ2v) is 9.18. The average Bonchev–Trinajstić information content (AvgIpc) is 3.22. The molecular weight excluding hydrogens is 374 g/mol. The van der Waals surface area contributed by atoms with Gasteiger partial charge in [0.2, 0.25) is 5.91 Å². The van der Waals surface area contributed by atoms with Crippen molar-refractivity contribution in [3.8, 4) is 0 Å².